The van der Waals surface area contributed by atoms with Crippen LogP contribution >= 0.6 is 11.8 Å². The third-order valence-electron chi connectivity index (χ3n) is 3.66. The van der Waals surface area contributed by atoms with Gasteiger partial charge in [0.25, 0.3) is 0 Å². The third kappa shape index (κ3) is 3.83. The van der Waals surface area contributed by atoms with Crippen LogP contribution in [-0.4, -0.2) is 23.3 Å². The SMILES string of the molecule is Cc1ccccc1/C=N\NC(=O)C[C@H]1Sc2ccccc2NC1=O. The number of nitrogens with one attached hydrogen (secondary N) is 2. The Morgan fingerprint density at radius 2 is 2.00 bits per heavy atom. The molecule has 24 heavy (non-hydrogen) atoms. The van der Waals surface area contributed by atoms with Gasteiger partial charge in [0.05, 0.1) is 17.2 Å². The second-order valence-corrected chi connectivity index (χ2v) is 6.69. The molecule has 0 saturated carbocycles. The van der Waals surface area contributed by atoms with Crippen molar-refractivity contribution in [3.63, 3.8) is 0 Å². The molecule has 1 aliphatic heterocycles. The molecule has 2 aromatic carbocycles. The zero-order chi connectivity index (χ0) is 16.9. The predicted molar refractivity (Wildman–Crippen MR) is 96.2 cm³/mol. The van der Waals surface area contributed by atoms with Crippen LogP contribution in [-0.2, 0) is 9.59 Å². The Morgan fingerprint density at radius 3 is 2.83 bits per heavy atom. The number of hydrazone groups is 1. The van der Waals surface area contributed by atoms with Crippen LogP contribution in [0.5, 0.6) is 0 Å². The minimum Gasteiger partial charge on any atom is -0.324 e. The van der Waals surface area contributed by atoms with E-state index in [1.165, 1.54) is 11.8 Å². The number of anilines is 1. The number of amides is 2. The summed E-state index contributed by atoms with van der Waals surface area (Å²) in [4.78, 5) is 25.1. The monoisotopic (exact) mass is 339 g/mol. The number of hydrogen-bond donors (Lipinski definition) is 2. The van der Waals surface area contributed by atoms with Crippen molar-refractivity contribution in [3.8, 4) is 0 Å². The van der Waals surface area contributed by atoms with E-state index in [0.717, 1.165) is 21.7 Å². The highest BCUT2D eigenvalue weighted by Crippen LogP contribution is 2.36. The predicted octanol–water partition coefficient (Wildman–Crippen LogP) is 2.95. The Labute approximate surface area is 144 Å². The van der Waals surface area contributed by atoms with E-state index in [9.17, 15) is 9.59 Å². The maximum atomic E-state index is 12.1. The topological polar surface area (TPSA) is 70.6 Å². The van der Waals surface area contributed by atoms with Gasteiger partial charge >= 0.3 is 0 Å². The average Bonchev–Trinajstić information content (AvgIpc) is 2.57. The van der Waals surface area contributed by atoms with E-state index >= 15 is 0 Å². The number of carbonyl (C=O) groups excluding carboxylic acids is 2. The Bertz CT molecular complexity index is 804. The van der Waals surface area contributed by atoms with Gasteiger partial charge in [0, 0.05) is 11.3 Å². The van der Waals surface area contributed by atoms with Crippen molar-refractivity contribution in [2.24, 2.45) is 5.10 Å². The molecule has 2 amide bonds. The standard InChI is InChI=1S/C18H17N3O2S/c1-12-6-2-3-7-13(12)11-19-21-17(22)10-16-18(23)20-14-8-4-5-9-15(14)24-16/h2-9,11,16H,10H2,1H3,(H,20,23)(H,21,22)/b19-11-/t16-/m1/s1. The van der Waals surface area contributed by atoms with Crippen LogP contribution in [0.1, 0.15) is 17.5 Å². The number of nitrogens with zero attached hydrogens (tertiary/aromatic N) is 1. The molecular formula is C18H17N3O2S. The van der Waals surface area contributed by atoms with Gasteiger partial charge in [-0.05, 0) is 30.2 Å². The van der Waals surface area contributed by atoms with Crippen LogP contribution in [0.3, 0.4) is 0 Å². The summed E-state index contributed by atoms with van der Waals surface area (Å²) < 4.78 is 0. The number of rotatable bonds is 4. The summed E-state index contributed by atoms with van der Waals surface area (Å²) in [5.74, 6) is -0.441. The maximum absolute atomic E-state index is 12.1. The second-order valence-electron chi connectivity index (χ2n) is 5.45. The van der Waals surface area contributed by atoms with Crippen molar-refractivity contribution in [1.29, 1.82) is 0 Å². The number of benzene rings is 2. The van der Waals surface area contributed by atoms with Gasteiger partial charge in [0.15, 0.2) is 0 Å². The minimum atomic E-state index is -0.450. The zero-order valence-electron chi connectivity index (χ0n) is 13.2. The quantitative estimate of drug-likeness (QED) is 0.664. The molecule has 1 heterocycles. The summed E-state index contributed by atoms with van der Waals surface area (Å²) >= 11 is 1.40. The molecule has 0 bridgehead atoms. The Morgan fingerprint density at radius 1 is 1.25 bits per heavy atom. The molecule has 2 aromatic rings. The van der Waals surface area contributed by atoms with Gasteiger partial charge < -0.3 is 5.32 Å². The molecule has 122 valence electrons. The van der Waals surface area contributed by atoms with Gasteiger partial charge in [-0.2, -0.15) is 5.10 Å². The Hall–Kier alpha value is -2.60. The van der Waals surface area contributed by atoms with Crippen LogP contribution < -0.4 is 10.7 Å². The van der Waals surface area contributed by atoms with Gasteiger partial charge in [-0.3, -0.25) is 9.59 Å². The fraction of sp³-hybridized carbons (Fsp3) is 0.167. The van der Waals surface area contributed by atoms with Crippen LogP contribution in [0.25, 0.3) is 0 Å². The zero-order valence-corrected chi connectivity index (χ0v) is 14.0. The highest BCUT2D eigenvalue weighted by Gasteiger charge is 2.28. The van der Waals surface area contributed by atoms with Gasteiger partial charge in [0.2, 0.25) is 11.8 Å². The molecule has 0 spiro atoms. The van der Waals surface area contributed by atoms with Crippen LogP contribution in [0.15, 0.2) is 58.5 Å². The Balaban J connectivity index is 1.58. The molecule has 0 aliphatic carbocycles. The number of aryl methyl sites for hydroxylation is 1. The average molecular weight is 339 g/mol. The van der Waals surface area contributed by atoms with Crippen molar-refractivity contribution >= 4 is 35.5 Å². The summed E-state index contributed by atoms with van der Waals surface area (Å²) in [5, 5.41) is 6.35. The van der Waals surface area contributed by atoms with Gasteiger partial charge in [-0.25, -0.2) is 5.43 Å². The van der Waals surface area contributed by atoms with Crippen molar-refractivity contribution in [2.45, 2.75) is 23.5 Å². The summed E-state index contributed by atoms with van der Waals surface area (Å²) in [5.41, 5.74) is 5.30. The molecule has 0 aromatic heterocycles. The normalized spacial score (nSPS) is 16.5. The molecule has 0 radical (unpaired) electrons. The molecule has 0 saturated heterocycles. The summed E-state index contributed by atoms with van der Waals surface area (Å²) in [7, 11) is 0. The van der Waals surface area contributed by atoms with E-state index < -0.39 is 5.25 Å². The summed E-state index contributed by atoms with van der Waals surface area (Å²) in [6, 6.07) is 15.3. The first-order valence-corrected chi connectivity index (χ1v) is 8.45. The van der Waals surface area contributed by atoms with Gasteiger partial charge in [-0.1, -0.05) is 36.4 Å². The molecule has 5 nitrogen and oxygen atoms in total. The number of thioether (sulfide) groups is 1. The van der Waals surface area contributed by atoms with E-state index in [4.69, 9.17) is 0 Å². The fourth-order valence-corrected chi connectivity index (χ4v) is 3.46. The van der Waals surface area contributed by atoms with Crippen molar-refractivity contribution in [2.75, 3.05) is 5.32 Å². The first-order chi connectivity index (χ1) is 11.6. The highest BCUT2D eigenvalue weighted by atomic mass is 32.2. The van der Waals surface area contributed by atoms with E-state index in [1.807, 2.05) is 55.5 Å². The lowest BCUT2D eigenvalue weighted by Crippen LogP contribution is -2.33. The molecule has 6 heteroatoms. The molecule has 2 N–H and O–H groups in total. The maximum Gasteiger partial charge on any atom is 0.241 e. The van der Waals surface area contributed by atoms with Gasteiger partial charge in [0.1, 0.15) is 0 Å². The molecule has 3 rings (SSSR count). The van der Waals surface area contributed by atoms with Gasteiger partial charge in [-0.15, -0.1) is 11.8 Å². The lowest BCUT2D eigenvalue weighted by atomic mass is 10.1. The fourth-order valence-electron chi connectivity index (χ4n) is 2.35. The first kappa shape index (κ1) is 16.3. The van der Waals surface area contributed by atoms with E-state index in [2.05, 4.69) is 15.8 Å². The number of carbonyl (C=O) groups is 2. The van der Waals surface area contributed by atoms with Crippen molar-refractivity contribution in [3.05, 3.63) is 59.7 Å². The molecule has 0 fully saturated rings. The largest absolute Gasteiger partial charge is 0.324 e. The van der Waals surface area contributed by atoms with E-state index in [-0.39, 0.29) is 18.2 Å². The Kier molecular flexibility index (Phi) is 4.96. The smallest absolute Gasteiger partial charge is 0.241 e. The minimum absolute atomic E-state index is 0.0793. The number of para-hydroxylation sites is 1. The van der Waals surface area contributed by atoms with Crippen molar-refractivity contribution < 1.29 is 9.59 Å². The van der Waals surface area contributed by atoms with E-state index in [0.29, 0.717) is 0 Å². The number of fused-ring (bicyclic) bond motifs is 1. The second kappa shape index (κ2) is 7.31. The molecular weight excluding hydrogens is 322 g/mol. The van der Waals surface area contributed by atoms with Crippen LogP contribution in [0.2, 0.25) is 0 Å². The molecule has 1 atom stereocenters. The lowest BCUT2D eigenvalue weighted by Gasteiger charge is -2.23. The first-order valence-electron chi connectivity index (χ1n) is 7.57. The van der Waals surface area contributed by atoms with Crippen LogP contribution in [0.4, 0.5) is 5.69 Å². The third-order valence-corrected chi connectivity index (χ3v) is 4.93. The van der Waals surface area contributed by atoms with E-state index in [1.54, 1.807) is 6.21 Å². The lowest BCUT2D eigenvalue weighted by molar-refractivity contribution is -0.124. The number of hydrogen-bond acceptors (Lipinski definition) is 4. The summed E-state index contributed by atoms with van der Waals surface area (Å²) in [6.45, 7) is 1.98. The van der Waals surface area contributed by atoms with Crippen LogP contribution in [0, 0.1) is 6.92 Å². The summed E-state index contributed by atoms with van der Waals surface area (Å²) in [6.07, 6.45) is 1.69. The highest BCUT2D eigenvalue weighted by molar-refractivity contribution is 8.01. The molecule has 1 aliphatic rings. The van der Waals surface area contributed by atoms with Crippen molar-refractivity contribution in [1.82, 2.24) is 5.43 Å². The molecule has 0 unspecified atom stereocenters.